The summed E-state index contributed by atoms with van der Waals surface area (Å²) < 4.78 is 5.23. The van der Waals surface area contributed by atoms with Crippen LogP contribution in [0, 0.1) is 11.8 Å². The normalized spacial score (nSPS) is 24.8. The molecule has 1 amide bonds. The van der Waals surface area contributed by atoms with Gasteiger partial charge in [0.2, 0.25) is 5.60 Å². The molecule has 24 heavy (non-hydrogen) atoms. The molecule has 1 aromatic carbocycles. The van der Waals surface area contributed by atoms with E-state index in [1.807, 2.05) is 26.0 Å². The van der Waals surface area contributed by atoms with Gasteiger partial charge in [-0.25, -0.2) is 0 Å². The van der Waals surface area contributed by atoms with Crippen molar-refractivity contribution >= 4 is 11.9 Å². The van der Waals surface area contributed by atoms with Crippen LogP contribution in [0.3, 0.4) is 0 Å². The van der Waals surface area contributed by atoms with Crippen molar-refractivity contribution in [2.24, 2.45) is 11.8 Å². The van der Waals surface area contributed by atoms with Gasteiger partial charge in [-0.05, 0) is 29.4 Å². The smallest absolute Gasteiger partial charge is 0.314 e. The van der Waals surface area contributed by atoms with Crippen LogP contribution in [0.5, 0.6) is 0 Å². The first-order valence-electron chi connectivity index (χ1n) is 8.70. The molecule has 1 heterocycles. The van der Waals surface area contributed by atoms with Crippen LogP contribution in [0.4, 0.5) is 0 Å². The molecule has 0 bridgehead atoms. The molecule has 0 radical (unpaired) electrons. The maximum Gasteiger partial charge on any atom is 0.314 e. The van der Waals surface area contributed by atoms with Crippen molar-refractivity contribution in [1.82, 2.24) is 5.32 Å². The van der Waals surface area contributed by atoms with Gasteiger partial charge in [-0.15, -0.1) is 0 Å². The molecule has 0 saturated carbocycles. The molecule has 0 spiro atoms. The molecular weight excluding hydrogens is 302 g/mol. The van der Waals surface area contributed by atoms with Crippen LogP contribution in [-0.2, 0) is 26.3 Å². The van der Waals surface area contributed by atoms with Crippen LogP contribution in [0.25, 0.3) is 0 Å². The molecule has 3 atom stereocenters. The molecule has 0 aromatic heterocycles. The minimum absolute atomic E-state index is 0.110. The lowest BCUT2D eigenvalue weighted by atomic mass is 9.73. The van der Waals surface area contributed by atoms with Gasteiger partial charge in [0.25, 0.3) is 5.91 Å². The first-order chi connectivity index (χ1) is 11.1. The molecule has 132 valence electrons. The Morgan fingerprint density at radius 1 is 1.29 bits per heavy atom. The van der Waals surface area contributed by atoms with Crippen LogP contribution in [0.1, 0.15) is 59.1 Å². The Bertz CT molecular complexity index is 615. The summed E-state index contributed by atoms with van der Waals surface area (Å²) in [5.41, 5.74) is 1.36. The van der Waals surface area contributed by atoms with E-state index in [0.29, 0.717) is 6.54 Å². The van der Waals surface area contributed by atoms with Gasteiger partial charge in [-0.3, -0.25) is 9.59 Å². The molecule has 0 aliphatic carbocycles. The highest BCUT2D eigenvalue weighted by Gasteiger charge is 2.59. The summed E-state index contributed by atoms with van der Waals surface area (Å²) >= 11 is 0. The van der Waals surface area contributed by atoms with Crippen molar-refractivity contribution in [2.75, 3.05) is 0 Å². The maximum absolute atomic E-state index is 12.5. The van der Waals surface area contributed by atoms with E-state index in [4.69, 9.17) is 4.74 Å². The number of carbonyl (C=O) groups excluding carboxylic acids is 2. The molecule has 1 aromatic rings. The van der Waals surface area contributed by atoms with Gasteiger partial charge in [-0.1, -0.05) is 65.3 Å². The summed E-state index contributed by atoms with van der Waals surface area (Å²) in [6, 6.07) is 8.24. The fourth-order valence-electron chi connectivity index (χ4n) is 3.18. The first-order valence-corrected chi connectivity index (χ1v) is 8.70. The Labute approximate surface area is 145 Å². The summed E-state index contributed by atoms with van der Waals surface area (Å²) in [5.74, 6) is -0.706. The largest absolute Gasteiger partial charge is 0.448 e. The minimum Gasteiger partial charge on any atom is -0.448 e. The number of benzene rings is 1. The number of hydrogen-bond acceptors (Lipinski definition) is 3. The summed E-state index contributed by atoms with van der Waals surface area (Å²) in [7, 11) is 0. The number of hydrogen-bond donors (Lipinski definition) is 1. The quantitative estimate of drug-likeness (QED) is 0.839. The SMILES string of the molecule is CC[C@H](C)[C@H]1C(=O)O[C@]1(C)C(=O)NCc1ccc(C(C)(C)C)cc1. The summed E-state index contributed by atoms with van der Waals surface area (Å²) in [5, 5.41) is 2.91. The second kappa shape index (κ2) is 6.58. The molecule has 2 rings (SSSR count). The Balaban J connectivity index is 1.99. The number of carbonyl (C=O) groups is 2. The third kappa shape index (κ3) is 3.47. The Kier molecular flexibility index (Phi) is 5.07. The zero-order chi connectivity index (χ0) is 18.1. The number of nitrogens with one attached hydrogen (secondary N) is 1. The minimum atomic E-state index is -1.04. The lowest BCUT2D eigenvalue weighted by molar-refractivity contribution is -0.216. The van der Waals surface area contributed by atoms with E-state index in [9.17, 15) is 9.59 Å². The van der Waals surface area contributed by atoms with Crippen molar-refractivity contribution in [1.29, 1.82) is 0 Å². The summed E-state index contributed by atoms with van der Waals surface area (Å²) in [4.78, 5) is 24.3. The number of esters is 1. The van der Waals surface area contributed by atoms with E-state index in [2.05, 4.69) is 38.2 Å². The van der Waals surface area contributed by atoms with E-state index in [1.165, 1.54) is 5.56 Å². The zero-order valence-electron chi connectivity index (χ0n) is 15.6. The number of ether oxygens (including phenoxy) is 1. The number of rotatable bonds is 5. The predicted molar refractivity (Wildman–Crippen MR) is 94.4 cm³/mol. The lowest BCUT2D eigenvalue weighted by Crippen LogP contribution is -2.65. The molecule has 1 aliphatic heterocycles. The van der Waals surface area contributed by atoms with E-state index in [0.717, 1.165) is 12.0 Å². The fourth-order valence-corrected chi connectivity index (χ4v) is 3.18. The van der Waals surface area contributed by atoms with Crippen LogP contribution in [0.2, 0.25) is 0 Å². The van der Waals surface area contributed by atoms with E-state index >= 15 is 0 Å². The monoisotopic (exact) mass is 331 g/mol. The molecule has 1 N–H and O–H groups in total. The highest BCUT2D eigenvalue weighted by atomic mass is 16.6. The van der Waals surface area contributed by atoms with Gasteiger partial charge >= 0.3 is 5.97 Å². The first kappa shape index (κ1) is 18.5. The molecule has 1 aliphatic rings. The molecule has 1 saturated heterocycles. The van der Waals surface area contributed by atoms with Crippen molar-refractivity contribution < 1.29 is 14.3 Å². The second-order valence-corrected chi connectivity index (χ2v) is 8.02. The Morgan fingerprint density at radius 2 is 1.88 bits per heavy atom. The van der Waals surface area contributed by atoms with Gasteiger partial charge in [0.15, 0.2) is 0 Å². The summed E-state index contributed by atoms with van der Waals surface area (Å²) in [6.45, 7) is 12.7. The molecule has 1 fully saturated rings. The van der Waals surface area contributed by atoms with Crippen LogP contribution in [-0.4, -0.2) is 17.5 Å². The highest BCUT2D eigenvalue weighted by molar-refractivity contribution is 5.97. The predicted octanol–water partition coefficient (Wildman–Crippen LogP) is 3.58. The van der Waals surface area contributed by atoms with Crippen LogP contribution < -0.4 is 5.32 Å². The van der Waals surface area contributed by atoms with Crippen molar-refractivity contribution in [3.05, 3.63) is 35.4 Å². The standard InChI is InChI=1S/C20H29NO3/c1-7-13(2)16-17(22)24-20(16,6)18(23)21-12-14-8-10-15(11-9-14)19(3,4)5/h8-11,13,16H,7,12H2,1-6H3,(H,21,23)/t13-,16-,20-/m0/s1. The molecule has 4 heteroatoms. The van der Waals surface area contributed by atoms with Gasteiger partial charge < -0.3 is 10.1 Å². The third-order valence-electron chi connectivity index (χ3n) is 5.10. The lowest BCUT2D eigenvalue weighted by Gasteiger charge is -2.46. The van der Waals surface area contributed by atoms with Gasteiger partial charge in [0, 0.05) is 6.54 Å². The van der Waals surface area contributed by atoms with Gasteiger partial charge in [-0.2, -0.15) is 0 Å². The topological polar surface area (TPSA) is 55.4 Å². The maximum atomic E-state index is 12.5. The molecule has 0 unspecified atom stereocenters. The average Bonchev–Trinajstić information content (AvgIpc) is 2.51. The third-order valence-corrected chi connectivity index (χ3v) is 5.10. The fraction of sp³-hybridized carbons (Fsp3) is 0.600. The highest BCUT2D eigenvalue weighted by Crippen LogP contribution is 2.40. The van der Waals surface area contributed by atoms with Crippen molar-refractivity contribution in [3.63, 3.8) is 0 Å². The molecule has 4 nitrogen and oxygen atoms in total. The Morgan fingerprint density at radius 3 is 2.33 bits per heavy atom. The number of cyclic esters (lactones) is 1. The van der Waals surface area contributed by atoms with Gasteiger partial charge in [0.1, 0.15) is 5.92 Å². The Hall–Kier alpha value is -1.84. The second-order valence-electron chi connectivity index (χ2n) is 8.02. The molecular formula is C20H29NO3. The summed E-state index contributed by atoms with van der Waals surface area (Å²) in [6.07, 6.45) is 0.844. The van der Waals surface area contributed by atoms with Gasteiger partial charge in [0.05, 0.1) is 0 Å². The number of amides is 1. The van der Waals surface area contributed by atoms with E-state index in [-0.39, 0.29) is 29.1 Å². The van der Waals surface area contributed by atoms with Crippen LogP contribution >= 0.6 is 0 Å². The van der Waals surface area contributed by atoms with Crippen LogP contribution in [0.15, 0.2) is 24.3 Å². The average molecular weight is 331 g/mol. The van der Waals surface area contributed by atoms with E-state index in [1.54, 1.807) is 6.92 Å². The van der Waals surface area contributed by atoms with Crippen molar-refractivity contribution in [3.8, 4) is 0 Å². The van der Waals surface area contributed by atoms with Crippen molar-refractivity contribution in [2.45, 2.75) is 65.5 Å². The zero-order valence-corrected chi connectivity index (χ0v) is 15.6. The van der Waals surface area contributed by atoms with E-state index < -0.39 is 5.60 Å².